The highest BCUT2D eigenvalue weighted by molar-refractivity contribution is 5.32. The van der Waals surface area contributed by atoms with E-state index in [1.165, 1.54) is 16.7 Å². The van der Waals surface area contributed by atoms with Gasteiger partial charge in [-0.05, 0) is 38.4 Å². The Hall–Kier alpha value is -0.860. The number of aryl methyl sites for hydroxylation is 2. The highest BCUT2D eigenvalue weighted by Gasteiger charge is 2.27. The SMILES string of the molecule is Cc1cc(C)cc(C2CNCC2CN)c1. The van der Waals surface area contributed by atoms with E-state index in [-0.39, 0.29) is 0 Å². The summed E-state index contributed by atoms with van der Waals surface area (Å²) in [5.74, 6) is 1.21. The molecule has 1 aliphatic heterocycles. The fourth-order valence-electron chi connectivity index (χ4n) is 2.59. The van der Waals surface area contributed by atoms with Crippen LogP contribution in [0.3, 0.4) is 0 Å². The molecule has 2 unspecified atom stereocenters. The average molecular weight is 204 g/mol. The van der Waals surface area contributed by atoms with Crippen molar-refractivity contribution in [1.29, 1.82) is 0 Å². The Bertz CT molecular complexity index is 326. The predicted octanol–water partition coefficient (Wildman–Crippen LogP) is 1.57. The topological polar surface area (TPSA) is 38.0 Å². The molecule has 1 aromatic rings. The van der Waals surface area contributed by atoms with Crippen molar-refractivity contribution >= 4 is 0 Å². The molecule has 82 valence electrons. The first-order chi connectivity index (χ1) is 7.20. The van der Waals surface area contributed by atoms with E-state index in [4.69, 9.17) is 5.73 Å². The van der Waals surface area contributed by atoms with Gasteiger partial charge in [-0.15, -0.1) is 0 Å². The maximum absolute atomic E-state index is 5.80. The molecule has 3 N–H and O–H groups in total. The van der Waals surface area contributed by atoms with Gasteiger partial charge in [0.15, 0.2) is 0 Å². The van der Waals surface area contributed by atoms with Gasteiger partial charge in [-0.3, -0.25) is 0 Å². The Labute approximate surface area is 91.9 Å². The molecule has 1 heterocycles. The van der Waals surface area contributed by atoms with Gasteiger partial charge in [0.1, 0.15) is 0 Å². The maximum Gasteiger partial charge on any atom is 0.00239 e. The Morgan fingerprint density at radius 2 is 1.87 bits per heavy atom. The summed E-state index contributed by atoms with van der Waals surface area (Å²) in [6.07, 6.45) is 0. The van der Waals surface area contributed by atoms with Crippen LogP contribution in [0.1, 0.15) is 22.6 Å². The summed E-state index contributed by atoms with van der Waals surface area (Å²) in [5.41, 5.74) is 9.96. The van der Waals surface area contributed by atoms with Crippen LogP contribution in [0.15, 0.2) is 18.2 Å². The Morgan fingerprint density at radius 1 is 1.20 bits per heavy atom. The molecule has 2 atom stereocenters. The van der Waals surface area contributed by atoms with E-state index in [1.54, 1.807) is 0 Å². The third-order valence-corrected chi connectivity index (χ3v) is 3.31. The van der Waals surface area contributed by atoms with Crippen LogP contribution < -0.4 is 11.1 Å². The third kappa shape index (κ3) is 2.21. The summed E-state index contributed by atoms with van der Waals surface area (Å²) in [4.78, 5) is 0. The predicted molar refractivity (Wildman–Crippen MR) is 64.1 cm³/mol. The van der Waals surface area contributed by atoms with E-state index < -0.39 is 0 Å². The molecule has 1 aliphatic rings. The van der Waals surface area contributed by atoms with Crippen LogP contribution >= 0.6 is 0 Å². The fraction of sp³-hybridized carbons (Fsp3) is 0.538. The van der Waals surface area contributed by atoms with Crippen molar-refractivity contribution < 1.29 is 0 Å². The molecule has 0 amide bonds. The van der Waals surface area contributed by atoms with Crippen LogP contribution in [0.4, 0.5) is 0 Å². The standard InChI is InChI=1S/C13H20N2/c1-9-3-10(2)5-11(4-9)13-8-15-7-12(13)6-14/h3-5,12-13,15H,6-8,14H2,1-2H3. The normalized spacial score (nSPS) is 25.8. The van der Waals surface area contributed by atoms with Crippen LogP contribution in [-0.2, 0) is 0 Å². The van der Waals surface area contributed by atoms with Crippen molar-refractivity contribution in [3.8, 4) is 0 Å². The van der Waals surface area contributed by atoms with Crippen molar-refractivity contribution in [2.75, 3.05) is 19.6 Å². The molecule has 2 nitrogen and oxygen atoms in total. The number of benzene rings is 1. The van der Waals surface area contributed by atoms with Gasteiger partial charge in [0.05, 0.1) is 0 Å². The molecule has 1 fully saturated rings. The smallest absolute Gasteiger partial charge is 0.00239 e. The van der Waals surface area contributed by atoms with E-state index >= 15 is 0 Å². The van der Waals surface area contributed by atoms with Gasteiger partial charge in [0, 0.05) is 12.5 Å². The molecule has 2 rings (SSSR count). The summed E-state index contributed by atoms with van der Waals surface area (Å²) < 4.78 is 0. The van der Waals surface area contributed by atoms with Crippen molar-refractivity contribution in [3.05, 3.63) is 34.9 Å². The third-order valence-electron chi connectivity index (χ3n) is 3.31. The van der Waals surface area contributed by atoms with Crippen molar-refractivity contribution in [1.82, 2.24) is 5.32 Å². The second-order valence-electron chi connectivity index (χ2n) is 4.68. The minimum atomic E-state index is 0.603. The first-order valence-electron chi connectivity index (χ1n) is 5.69. The Balaban J connectivity index is 2.28. The molecule has 0 spiro atoms. The van der Waals surface area contributed by atoms with E-state index in [0.717, 1.165) is 19.6 Å². The summed E-state index contributed by atoms with van der Waals surface area (Å²) in [5, 5.41) is 3.43. The molecule has 15 heavy (non-hydrogen) atoms. The van der Waals surface area contributed by atoms with Crippen LogP contribution in [0.2, 0.25) is 0 Å². The lowest BCUT2D eigenvalue weighted by molar-refractivity contribution is 0.530. The van der Waals surface area contributed by atoms with Gasteiger partial charge in [0.2, 0.25) is 0 Å². The van der Waals surface area contributed by atoms with Gasteiger partial charge in [-0.1, -0.05) is 29.3 Å². The van der Waals surface area contributed by atoms with Crippen molar-refractivity contribution in [2.24, 2.45) is 11.7 Å². The lowest BCUT2D eigenvalue weighted by Crippen LogP contribution is -2.21. The summed E-state index contributed by atoms with van der Waals surface area (Å²) in [6.45, 7) is 7.25. The molecule has 2 heteroatoms. The van der Waals surface area contributed by atoms with Gasteiger partial charge in [-0.2, -0.15) is 0 Å². The second kappa shape index (κ2) is 4.33. The number of rotatable bonds is 2. The number of hydrogen-bond donors (Lipinski definition) is 2. The van der Waals surface area contributed by atoms with Crippen LogP contribution in [0.25, 0.3) is 0 Å². The zero-order chi connectivity index (χ0) is 10.8. The van der Waals surface area contributed by atoms with E-state index in [1.807, 2.05) is 0 Å². The lowest BCUT2D eigenvalue weighted by Gasteiger charge is -2.18. The van der Waals surface area contributed by atoms with E-state index in [0.29, 0.717) is 11.8 Å². The summed E-state index contributed by atoms with van der Waals surface area (Å²) >= 11 is 0. The lowest BCUT2D eigenvalue weighted by atomic mass is 9.87. The molecule has 0 aliphatic carbocycles. The second-order valence-corrected chi connectivity index (χ2v) is 4.68. The number of nitrogens with two attached hydrogens (primary N) is 1. The van der Waals surface area contributed by atoms with Crippen molar-refractivity contribution in [2.45, 2.75) is 19.8 Å². The van der Waals surface area contributed by atoms with Crippen molar-refractivity contribution in [3.63, 3.8) is 0 Å². The Morgan fingerprint density at radius 3 is 2.47 bits per heavy atom. The molecule has 1 aromatic carbocycles. The molecule has 1 saturated heterocycles. The van der Waals surface area contributed by atoms with Gasteiger partial charge < -0.3 is 11.1 Å². The minimum Gasteiger partial charge on any atom is -0.330 e. The first-order valence-corrected chi connectivity index (χ1v) is 5.69. The fourth-order valence-corrected chi connectivity index (χ4v) is 2.59. The zero-order valence-electron chi connectivity index (χ0n) is 9.59. The van der Waals surface area contributed by atoms with Gasteiger partial charge >= 0.3 is 0 Å². The highest BCUT2D eigenvalue weighted by Crippen LogP contribution is 2.28. The van der Waals surface area contributed by atoms with Crippen LogP contribution in [-0.4, -0.2) is 19.6 Å². The molecular formula is C13H20N2. The molecule has 0 bridgehead atoms. The summed E-state index contributed by atoms with van der Waals surface area (Å²) in [6, 6.07) is 6.82. The van der Waals surface area contributed by atoms with Crippen LogP contribution in [0.5, 0.6) is 0 Å². The number of hydrogen-bond acceptors (Lipinski definition) is 2. The van der Waals surface area contributed by atoms with Gasteiger partial charge in [0.25, 0.3) is 0 Å². The molecular weight excluding hydrogens is 184 g/mol. The number of nitrogens with one attached hydrogen (secondary N) is 1. The maximum atomic E-state index is 5.80. The minimum absolute atomic E-state index is 0.603. The quantitative estimate of drug-likeness (QED) is 0.767. The molecule has 0 saturated carbocycles. The van der Waals surface area contributed by atoms with E-state index in [2.05, 4.69) is 37.4 Å². The molecule has 0 aromatic heterocycles. The zero-order valence-corrected chi connectivity index (χ0v) is 9.59. The van der Waals surface area contributed by atoms with Crippen LogP contribution in [0, 0.1) is 19.8 Å². The largest absolute Gasteiger partial charge is 0.330 e. The Kier molecular flexibility index (Phi) is 3.08. The average Bonchev–Trinajstić information content (AvgIpc) is 2.63. The summed E-state index contributed by atoms with van der Waals surface area (Å²) in [7, 11) is 0. The molecule has 0 radical (unpaired) electrons. The first kappa shape index (κ1) is 10.7. The van der Waals surface area contributed by atoms with Gasteiger partial charge in [-0.25, -0.2) is 0 Å². The highest BCUT2D eigenvalue weighted by atomic mass is 14.9. The van der Waals surface area contributed by atoms with E-state index in [9.17, 15) is 0 Å². The monoisotopic (exact) mass is 204 g/mol.